The summed E-state index contributed by atoms with van der Waals surface area (Å²) in [5, 5.41) is 0. The van der Waals surface area contributed by atoms with Crippen molar-refractivity contribution in [3.8, 4) is 11.4 Å². The second-order valence-corrected chi connectivity index (χ2v) is 6.61. The number of ether oxygens (including phenoxy) is 1. The SMILES string of the molecule is COCc1cc(=O)[nH]c(-c2ccccc2CN2CCCN(C)CC2)n1. The Morgan fingerprint density at radius 3 is 2.88 bits per heavy atom. The lowest BCUT2D eigenvalue weighted by Gasteiger charge is -2.21. The van der Waals surface area contributed by atoms with Gasteiger partial charge in [0.1, 0.15) is 5.82 Å². The summed E-state index contributed by atoms with van der Waals surface area (Å²) in [6, 6.07) is 9.65. The molecule has 0 unspecified atom stereocenters. The molecule has 1 aliphatic heterocycles. The van der Waals surface area contributed by atoms with Gasteiger partial charge in [0.15, 0.2) is 0 Å². The Labute approximate surface area is 148 Å². The van der Waals surface area contributed by atoms with Crippen LogP contribution in [0.25, 0.3) is 11.4 Å². The number of aromatic nitrogens is 2. The molecule has 25 heavy (non-hydrogen) atoms. The van der Waals surface area contributed by atoms with Crippen molar-refractivity contribution < 1.29 is 4.74 Å². The molecule has 1 aromatic heterocycles. The number of benzene rings is 1. The molecule has 1 N–H and O–H groups in total. The third-order valence-electron chi connectivity index (χ3n) is 4.57. The second kappa shape index (κ2) is 8.38. The van der Waals surface area contributed by atoms with Gasteiger partial charge >= 0.3 is 0 Å². The van der Waals surface area contributed by atoms with Crippen LogP contribution in [0, 0.1) is 0 Å². The standard InChI is InChI=1S/C19H26N4O2/c1-22-8-5-9-23(11-10-22)13-15-6-3-4-7-17(15)19-20-16(14-25-2)12-18(24)21-19/h3-4,6-7,12H,5,8-11,13-14H2,1-2H3,(H,20,21,24). The highest BCUT2D eigenvalue weighted by molar-refractivity contribution is 5.60. The van der Waals surface area contributed by atoms with E-state index in [1.807, 2.05) is 18.2 Å². The van der Waals surface area contributed by atoms with Gasteiger partial charge in [0, 0.05) is 38.4 Å². The van der Waals surface area contributed by atoms with Crippen LogP contribution in [0.2, 0.25) is 0 Å². The molecule has 134 valence electrons. The van der Waals surface area contributed by atoms with Gasteiger partial charge in [-0.05, 0) is 32.1 Å². The van der Waals surface area contributed by atoms with Crippen molar-refractivity contribution in [1.82, 2.24) is 19.8 Å². The normalized spacial score (nSPS) is 16.7. The molecule has 1 aliphatic rings. The summed E-state index contributed by atoms with van der Waals surface area (Å²) < 4.78 is 5.12. The lowest BCUT2D eigenvalue weighted by atomic mass is 10.1. The minimum absolute atomic E-state index is 0.150. The molecule has 0 atom stereocenters. The molecule has 0 spiro atoms. The summed E-state index contributed by atoms with van der Waals surface area (Å²) in [5.74, 6) is 0.613. The first kappa shape index (κ1) is 17.8. The summed E-state index contributed by atoms with van der Waals surface area (Å²) >= 11 is 0. The van der Waals surface area contributed by atoms with E-state index in [-0.39, 0.29) is 5.56 Å². The Kier molecular flexibility index (Phi) is 5.96. The van der Waals surface area contributed by atoms with Crippen LogP contribution in [0.3, 0.4) is 0 Å². The molecule has 6 heteroatoms. The van der Waals surface area contributed by atoms with Crippen LogP contribution in [0.15, 0.2) is 35.1 Å². The minimum Gasteiger partial charge on any atom is -0.378 e. The smallest absolute Gasteiger partial charge is 0.251 e. The molecule has 2 heterocycles. The van der Waals surface area contributed by atoms with Crippen LogP contribution in [0.5, 0.6) is 0 Å². The zero-order chi connectivity index (χ0) is 17.6. The summed E-state index contributed by atoms with van der Waals surface area (Å²) in [4.78, 5) is 24.3. The fourth-order valence-corrected chi connectivity index (χ4v) is 3.25. The van der Waals surface area contributed by atoms with Gasteiger partial charge in [-0.3, -0.25) is 9.69 Å². The average molecular weight is 342 g/mol. The van der Waals surface area contributed by atoms with E-state index < -0.39 is 0 Å². The Morgan fingerprint density at radius 2 is 2.04 bits per heavy atom. The third-order valence-corrected chi connectivity index (χ3v) is 4.57. The minimum atomic E-state index is -0.150. The molecule has 0 amide bonds. The van der Waals surface area contributed by atoms with Crippen LogP contribution in [0.1, 0.15) is 17.7 Å². The van der Waals surface area contributed by atoms with Crippen molar-refractivity contribution in [2.45, 2.75) is 19.6 Å². The maximum absolute atomic E-state index is 12.0. The number of rotatable bonds is 5. The quantitative estimate of drug-likeness (QED) is 0.896. The summed E-state index contributed by atoms with van der Waals surface area (Å²) in [7, 11) is 3.78. The fourth-order valence-electron chi connectivity index (χ4n) is 3.25. The second-order valence-electron chi connectivity index (χ2n) is 6.61. The highest BCUT2D eigenvalue weighted by Gasteiger charge is 2.15. The molecule has 0 saturated carbocycles. The molecule has 6 nitrogen and oxygen atoms in total. The topological polar surface area (TPSA) is 61.5 Å². The molecule has 3 rings (SSSR count). The Morgan fingerprint density at radius 1 is 1.20 bits per heavy atom. The maximum atomic E-state index is 12.0. The third kappa shape index (κ3) is 4.75. The molecule has 0 radical (unpaired) electrons. The van der Waals surface area contributed by atoms with E-state index in [9.17, 15) is 4.79 Å². The summed E-state index contributed by atoms with van der Waals surface area (Å²) in [5.41, 5.74) is 2.66. The van der Waals surface area contributed by atoms with E-state index in [0.29, 0.717) is 18.1 Å². The average Bonchev–Trinajstić information content (AvgIpc) is 2.80. The number of nitrogens with one attached hydrogen (secondary N) is 1. The lowest BCUT2D eigenvalue weighted by Crippen LogP contribution is -2.28. The fraction of sp³-hybridized carbons (Fsp3) is 0.474. The van der Waals surface area contributed by atoms with E-state index in [2.05, 4.69) is 32.9 Å². The van der Waals surface area contributed by atoms with Crippen LogP contribution < -0.4 is 5.56 Å². The molecule has 2 aromatic rings. The highest BCUT2D eigenvalue weighted by atomic mass is 16.5. The number of hydrogen-bond donors (Lipinski definition) is 1. The lowest BCUT2D eigenvalue weighted by molar-refractivity contribution is 0.181. The highest BCUT2D eigenvalue weighted by Crippen LogP contribution is 2.21. The van der Waals surface area contributed by atoms with Crippen LogP contribution >= 0.6 is 0 Å². The van der Waals surface area contributed by atoms with Crippen LogP contribution in [-0.2, 0) is 17.9 Å². The first-order valence-electron chi connectivity index (χ1n) is 8.74. The molecule has 0 aliphatic carbocycles. The van der Waals surface area contributed by atoms with Gasteiger partial charge in [0.2, 0.25) is 0 Å². The van der Waals surface area contributed by atoms with E-state index in [4.69, 9.17) is 4.74 Å². The predicted octanol–water partition coefficient (Wildman–Crippen LogP) is 1.72. The number of aromatic amines is 1. The largest absolute Gasteiger partial charge is 0.378 e. The molecule has 1 saturated heterocycles. The molecule has 1 fully saturated rings. The van der Waals surface area contributed by atoms with Gasteiger partial charge in [-0.15, -0.1) is 0 Å². The van der Waals surface area contributed by atoms with Gasteiger partial charge in [-0.2, -0.15) is 0 Å². The number of hydrogen-bond acceptors (Lipinski definition) is 5. The monoisotopic (exact) mass is 342 g/mol. The first-order chi connectivity index (χ1) is 12.2. The van der Waals surface area contributed by atoms with E-state index in [1.54, 1.807) is 7.11 Å². The Hall–Kier alpha value is -2.02. The van der Waals surface area contributed by atoms with Crippen LogP contribution in [0.4, 0.5) is 0 Å². The van der Waals surface area contributed by atoms with E-state index in [1.165, 1.54) is 18.1 Å². The molecular formula is C19H26N4O2. The van der Waals surface area contributed by atoms with Gasteiger partial charge in [-0.25, -0.2) is 4.98 Å². The molecule has 0 bridgehead atoms. The van der Waals surface area contributed by atoms with Crippen molar-refractivity contribution in [2.75, 3.05) is 40.3 Å². The zero-order valence-electron chi connectivity index (χ0n) is 15.0. The van der Waals surface area contributed by atoms with Crippen LogP contribution in [-0.4, -0.2) is 60.1 Å². The van der Waals surface area contributed by atoms with Gasteiger partial charge in [0.05, 0.1) is 12.3 Å². The predicted molar refractivity (Wildman–Crippen MR) is 98.4 cm³/mol. The van der Waals surface area contributed by atoms with Crippen molar-refractivity contribution >= 4 is 0 Å². The molecular weight excluding hydrogens is 316 g/mol. The summed E-state index contributed by atoms with van der Waals surface area (Å²) in [6.45, 7) is 5.57. The number of nitrogens with zero attached hydrogens (tertiary/aromatic N) is 3. The zero-order valence-corrected chi connectivity index (χ0v) is 15.0. The Balaban J connectivity index is 1.87. The van der Waals surface area contributed by atoms with Gasteiger partial charge in [-0.1, -0.05) is 24.3 Å². The maximum Gasteiger partial charge on any atom is 0.251 e. The van der Waals surface area contributed by atoms with Crippen molar-refractivity contribution in [3.05, 3.63) is 51.9 Å². The van der Waals surface area contributed by atoms with E-state index >= 15 is 0 Å². The van der Waals surface area contributed by atoms with Crippen molar-refractivity contribution in [3.63, 3.8) is 0 Å². The first-order valence-corrected chi connectivity index (χ1v) is 8.74. The number of H-pyrrole nitrogens is 1. The number of likely N-dealkylation sites (N-methyl/N-ethyl adjacent to an activating group) is 1. The van der Waals surface area contributed by atoms with E-state index in [0.717, 1.165) is 38.3 Å². The van der Waals surface area contributed by atoms with Crippen molar-refractivity contribution in [1.29, 1.82) is 0 Å². The Bertz CT molecular complexity index is 759. The van der Waals surface area contributed by atoms with Gasteiger partial charge < -0.3 is 14.6 Å². The molecule has 1 aromatic carbocycles. The number of methoxy groups -OCH3 is 1. The van der Waals surface area contributed by atoms with Gasteiger partial charge in [0.25, 0.3) is 5.56 Å². The van der Waals surface area contributed by atoms with Crippen molar-refractivity contribution in [2.24, 2.45) is 0 Å². The summed E-state index contributed by atoms with van der Waals surface area (Å²) in [6.07, 6.45) is 1.18.